The lowest BCUT2D eigenvalue weighted by Crippen LogP contribution is -2.05. The standard InChI is InChI=1S/C9H9BrN2O3S2/c1-17(13,14)3-2-8-11-9(12-15-8)7-4-6(10)5-16-7/h4-5H,2-3H2,1H3. The average molecular weight is 337 g/mol. The molecule has 0 fully saturated rings. The third kappa shape index (κ3) is 3.62. The van der Waals surface area contributed by atoms with Gasteiger partial charge in [-0.25, -0.2) is 8.42 Å². The first kappa shape index (κ1) is 12.7. The van der Waals surface area contributed by atoms with Gasteiger partial charge in [-0.1, -0.05) is 5.16 Å². The highest BCUT2D eigenvalue weighted by atomic mass is 79.9. The third-order valence-corrected chi connectivity index (χ3v) is 4.58. The fraction of sp³-hybridized carbons (Fsp3) is 0.333. The molecule has 0 aliphatic heterocycles. The minimum Gasteiger partial charge on any atom is -0.339 e. The van der Waals surface area contributed by atoms with E-state index >= 15 is 0 Å². The Balaban J connectivity index is 2.11. The van der Waals surface area contributed by atoms with E-state index in [-0.39, 0.29) is 12.2 Å². The molecule has 0 spiro atoms. The van der Waals surface area contributed by atoms with Crippen molar-refractivity contribution in [2.24, 2.45) is 0 Å². The van der Waals surface area contributed by atoms with E-state index in [1.807, 2.05) is 11.4 Å². The van der Waals surface area contributed by atoms with Crippen molar-refractivity contribution in [2.45, 2.75) is 6.42 Å². The van der Waals surface area contributed by atoms with E-state index in [4.69, 9.17) is 4.52 Å². The maximum atomic E-state index is 11.0. The van der Waals surface area contributed by atoms with Crippen molar-refractivity contribution in [3.05, 3.63) is 21.8 Å². The Labute approximate surface area is 111 Å². The van der Waals surface area contributed by atoms with Gasteiger partial charge < -0.3 is 4.52 Å². The molecule has 0 aliphatic rings. The monoisotopic (exact) mass is 336 g/mol. The second-order valence-electron chi connectivity index (χ2n) is 3.52. The Morgan fingerprint density at radius 3 is 2.88 bits per heavy atom. The third-order valence-electron chi connectivity index (χ3n) is 1.94. The zero-order valence-corrected chi connectivity index (χ0v) is 12.1. The van der Waals surface area contributed by atoms with Gasteiger partial charge in [0.05, 0.1) is 10.6 Å². The summed E-state index contributed by atoms with van der Waals surface area (Å²) in [5, 5.41) is 5.73. The normalized spacial score (nSPS) is 11.9. The van der Waals surface area contributed by atoms with Gasteiger partial charge in [0.2, 0.25) is 11.7 Å². The first-order valence-electron chi connectivity index (χ1n) is 4.69. The first-order chi connectivity index (χ1) is 7.94. The molecule has 0 aliphatic carbocycles. The summed E-state index contributed by atoms with van der Waals surface area (Å²) in [6.07, 6.45) is 1.43. The second-order valence-corrected chi connectivity index (χ2v) is 7.61. The zero-order valence-electron chi connectivity index (χ0n) is 8.88. The summed E-state index contributed by atoms with van der Waals surface area (Å²) >= 11 is 4.83. The van der Waals surface area contributed by atoms with Crippen molar-refractivity contribution >= 4 is 37.1 Å². The van der Waals surface area contributed by atoms with E-state index in [1.165, 1.54) is 17.6 Å². The van der Waals surface area contributed by atoms with Crippen LogP contribution >= 0.6 is 27.3 Å². The number of sulfone groups is 1. The Hall–Kier alpha value is -0.730. The van der Waals surface area contributed by atoms with Crippen molar-refractivity contribution < 1.29 is 12.9 Å². The molecule has 0 saturated carbocycles. The van der Waals surface area contributed by atoms with Gasteiger partial charge in [0.1, 0.15) is 9.84 Å². The molecule has 0 unspecified atom stereocenters. The van der Waals surface area contributed by atoms with E-state index in [9.17, 15) is 8.42 Å². The highest BCUT2D eigenvalue weighted by Crippen LogP contribution is 2.27. The molecule has 0 bridgehead atoms. The van der Waals surface area contributed by atoms with Crippen LogP contribution in [-0.2, 0) is 16.3 Å². The van der Waals surface area contributed by atoms with Crippen LogP contribution < -0.4 is 0 Å². The van der Waals surface area contributed by atoms with Crippen LogP contribution in [0.15, 0.2) is 20.4 Å². The smallest absolute Gasteiger partial charge is 0.228 e. The summed E-state index contributed by atoms with van der Waals surface area (Å²) in [4.78, 5) is 5.03. The summed E-state index contributed by atoms with van der Waals surface area (Å²) in [5.74, 6) is 0.849. The number of halogens is 1. The van der Waals surface area contributed by atoms with Gasteiger partial charge in [-0.2, -0.15) is 4.98 Å². The Bertz CT molecular complexity index is 618. The Morgan fingerprint density at radius 2 is 2.29 bits per heavy atom. The van der Waals surface area contributed by atoms with Crippen molar-refractivity contribution in [1.82, 2.24) is 10.1 Å². The van der Waals surface area contributed by atoms with Crippen molar-refractivity contribution in [2.75, 3.05) is 12.0 Å². The highest BCUT2D eigenvalue weighted by molar-refractivity contribution is 9.10. The number of thiophene rings is 1. The maximum Gasteiger partial charge on any atom is 0.228 e. The van der Waals surface area contributed by atoms with E-state index in [0.29, 0.717) is 11.7 Å². The van der Waals surface area contributed by atoms with Crippen molar-refractivity contribution in [3.8, 4) is 10.7 Å². The summed E-state index contributed by atoms with van der Waals surface area (Å²) in [6.45, 7) is 0. The number of rotatable bonds is 4. The van der Waals surface area contributed by atoms with Crippen LogP contribution in [0.4, 0.5) is 0 Å². The van der Waals surface area contributed by atoms with Crippen molar-refractivity contribution in [3.63, 3.8) is 0 Å². The highest BCUT2D eigenvalue weighted by Gasteiger charge is 2.12. The van der Waals surface area contributed by atoms with Crippen LogP contribution in [0.1, 0.15) is 5.89 Å². The van der Waals surface area contributed by atoms with Crippen LogP contribution in [0.3, 0.4) is 0 Å². The lowest BCUT2D eigenvalue weighted by atomic mass is 10.4. The summed E-state index contributed by atoms with van der Waals surface area (Å²) in [5.41, 5.74) is 0. The number of aryl methyl sites for hydroxylation is 1. The lowest BCUT2D eigenvalue weighted by molar-refractivity contribution is 0.383. The molecule has 0 saturated heterocycles. The molecule has 5 nitrogen and oxygen atoms in total. The molecule has 2 aromatic rings. The topological polar surface area (TPSA) is 73.1 Å². The number of nitrogens with zero attached hydrogens (tertiary/aromatic N) is 2. The molecule has 2 rings (SSSR count). The van der Waals surface area contributed by atoms with Crippen LogP contribution in [0.25, 0.3) is 10.7 Å². The summed E-state index contributed by atoms with van der Waals surface area (Å²) in [6, 6.07) is 1.88. The first-order valence-corrected chi connectivity index (χ1v) is 8.42. The quantitative estimate of drug-likeness (QED) is 0.855. The van der Waals surface area contributed by atoms with Gasteiger partial charge >= 0.3 is 0 Å². The van der Waals surface area contributed by atoms with Gasteiger partial charge in [0.15, 0.2) is 0 Å². The molecule has 92 valence electrons. The molecule has 0 amide bonds. The van der Waals surface area contributed by atoms with Crippen LogP contribution in [0, 0.1) is 0 Å². The second kappa shape index (κ2) is 4.87. The fourth-order valence-electron chi connectivity index (χ4n) is 1.16. The van der Waals surface area contributed by atoms with Gasteiger partial charge in [-0.15, -0.1) is 11.3 Å². The maximum absolute atomic E-state index is 11.0. The molecule has 17 heavy (non-hydrogen) atoms. The summed E-state index contributed by atoms with van der Waals surface area (Å²) in [7, 11) is -3.01. The average Bonchev–Trinajstić information content (AvgIpc) is 2.81. The van der Waals surface area contributed by atoms with Crippen molar-refractivity contribution in [1.29, 1.82) is 0 Å². The molecule has 2 heterocycles. The zero-order chi connectivity index (χ0) is 12.5. The molecule has 0 N–H and O–H groups in total. The summed E-state index contributed by atoms with van der Waals surface area (Å²) < 4.78 is 27.9. The van der Waals surface area contributed by atoms with E-state index < -0.39 is 9.84 Å². The van der Waals surface area contributed by atoms with E-state index in [2.05, 4.69) is 26.1 Å². The van der Waals surface area contributed by atoms with Gasteiger partial charge in [-0.05, 0) is 22.0 Å². The Morgan fingerprint density at radius 1 is 1.53 bits per heavy atom. The molecule has 0 atom stereocenters. The predicted octanol–water partition coefficient (Wildman–Crippen LogP) is 2.15. The van der Waals surface area contributed by atoms with Gasteiger partial charge in [0.25, 0.3) is 0 Å². The number of hydrogen-bond donors (Lipinski definition) is 0. The fourth-order valence-corrected chi connectivity index (χ4v) is 3.06. The number of hydrogen-bond acceptors (Lipinski definition) is 6. The van der Waals surface area contributed by atoms with Gasteiger partial charge in [-0.3, -0.25) is 0 Å². The SMILES string of the molecule is CS(=O)(=O)CCc1nc(-c2cc(Br)cs2)no1. The molecule has 0 aromatic carbocycles. The molecular weight excluding hydrogens is 328 g/mol. The minimum absolute atomic E-state index is 0.0166. The Kier molecular flexibility index (Phi) is 3.64. The van der Waals surface area contributed by atoms with Crippen LogP contribution in [-0.4, -0.2) is 30.6 Å². The molecule has 2 aromatic heterocycles. The molecule has 8 heteroatoms. The van der Waals surface area contributed by atoms with E-state index in [1.54, 1.807) is 0 Å². The van der Waals surface area contributed by atoms with Gasteiger partial charge in [0, 0.05) is 22.5 Å². The predicted molar refractivity (Wildman–Crippen MR) is 68.7 cm³/mol. The van der Waals surface area contributed by atoms with Crippen LogP contribution in [0.5, 0.6) is 0 Å². The molecular formula is C9H9BrN2O3S2. The molecule has 0 radical (unpaired) electrons. The van der Waals surface area contributed by atoms with Crippen LogP contribution in [0.2, 0.25) is 0 Å². The number of aromatic nitrogens is 2. The largest absolute Gasteiger partial charge is 0.339 e. The minimum atomic E-state index is -3.01. The lowest BCUT2D eigenvalue weighted by Gasteiger charge is -1.91. The van der Waals surface area contributed by atoms with E-state index in [0.717, 1.165) is 9.35 Å².